The molecule has 112 valence electrons. The van der Waals surface area contributed by atoms with Crippen molar-refractivity contribution >= 4 is 23.5 Å². The molecule has 22 heavy (non-hydrogen) atoms. The molecule has 3 rings (SSSR count). The number of nitrogens with one attached hydrogen (secondary N) is 2. The van der Waals surface area contributed by atoms with E-state index in [0.29, 0.717) is 34.7 Å². The SMILES string of the molecule is O=C(CCc1nc(-c2ccccc2Cl)no1)Nc1ncn[nH]1. The number of anilines is 1. The van der Waals surface area contributed by atoms with Crippen LogP contribution in [0.2, 0.25) is 5.02 Å². The predicted octanol–water partition coefficient (Wildman–Crippen LogP) is 2.08. The molecule has 1 amide bonds. The quantitative estimate of drug-likeness (QED) is 0.745. The number of hydrogen-bond donors (Lipinski definition) is 2. The zero-order valence-electron chi connectivity index (χ0n) is 11.3. The molecule has 0 saturated carbocycles. The van der Waals surface area contributed by atoms with Crippen molar-refractivity contribution in [3.8, 4) is 11.4 Å². The van der Waals surface area contributed by atoms with Crippen molar-refractivity contribution in [2.45, 2.75) is 12.8 Å². The van der Waals surface area contributed by atoms with Gasteiger partial charge in [-0.3, -0.25) is 10.1 Å². The molecule has 0 fully saturated rings. The van der Waals surface area contributed by atoms with E-state index in [-0.39, 0.29) is 12.3 Å². The largest absolute Gasteiger partial charge is 0.339 e. The van der Waals surface area contributed by atoms with Crippen molar-refractivity contribution in [2.75, 3.05) is 5.32 Å². The molecule has 1 aromatic carbocycles. The Morgan fingerprint density at radius 2 is 2.23 bits per heavy atom. The van der Waals surface area contributed by atoms with Gasteiger partial charge in [0, 0.05) is 18.4 Å². The molecule has 2 heterocycles. The van der Waals surface area contributed by atoms with Gasteiger partial charge in [-0.2, -0.15) is 15.1 Å². The van der Waals surface area contributed by atoms with Crippen LogP contribution in [0, 0.1) is 0 Å². The van der Waals surface area contributed by atoms with Gasteiger partial charge in [-0.15, -0.1) is 0 Å². The van der Waals surface area contributed by atoms with Crippen LogP contribution in [0.3, 0.4) is 0 Å². The molecule has 9 heteroatoms. The van der Waals surface area contributed by atoms with E-state index in [1.165, 1.54) is 6.33 Å². The van der Waals surface area contributed by atoms with Gasteiger partial charge in [0.15, 0.2) is 0 Å². The molecular weight excluding hydrogens is 308 g/mol. The molecule has 0 aliphatic heterocycles. The number of carbonyl (C=O) groups excluding carboxylic acids is 1. The van der Waals surface area contributed by atoms with Crippen molar-refractivity contribution in [3.05, 3.63) is 41.5 Å². The average Bonchev–Trinajstić information content (AvgIpc) is 3.17. The second-order valence-corrected chi connectivity index (χ2v) is 4.78. The third-order valence-corrected chi connectivity index (χ3v) is 3.15. The first-order valence-electron chi connectivity index (χ1n) is 6.45. The van der Waals surface area contributed by atoms with Crippen LogP contribution in [0.15, 0.2) is 35.1 Å². The number of aromatic nitrogens is 5. The van der Waals surface area contributed by atoms with Crippen LogP contribution in [0.4, 0.5) is 5.95 Å². The Hall–Kier alpha value is -2.74. The molecule has 0 aliphatic carbocycles. The molecule has 8 nitrogen and oxygen atoms in total. The molecule has 0 radical (unpaired) electrons. The summed E-state index contributed by atoms with van der Waals surface area (Å²) in [5.41, 5.74) is 0.685. The molecule has 2 N–H and O–H groups in total. The van der Waals surface area contributed by atoms with Crippen molar-refractivity contribution in [3.63, 3.8) is 0 Å². The number of hydrogen-bond acceptors (Lipinski definition) is 6. The van der Waals surface area contributed by atoms with Crippen molar-refractivity contribution in [1.82, 2.24) is 25.3 Å². The topological polar surface area (TPSA) is 110 Å². The maximum Gasteiger partial charge on any atom is 0.227 e. The van der Waals surface area contributed by atoms with Gasteiger partial charge in [-0.25, -0.2) is 5.10 Å². The zero-order valence-corrected chi connectivity index (χ0v) is 12.0. The fraction of sp³-hybridized carbons (Fsp3) is 0.154. The van der Waals surface area contributed by atoms with E-state index < -0.39 is 0 Å². The summed E-state index contributed by atoms with van der Waals surface area (Å²) in [5, 5.41) is 13.1. The van der Waals surface area contributed by atoms with E-state index in [2.05, 4.69) is 30.6 Å². The standard InChI is InChI=1S/C13H11ClN6O2/c14-9-4-2-1-3-8(9)12-18-11(22-20-12)6-5-10(21)17-13-15-7-16-19-13/h1-4,7H,5-6H2,(H2,15,16,17,19,21). The maximum atomic E-state index is 11.7. The summed E-state index contributed by atoms with van der Waals surface area (Å²) in [6.45, 7) is 0. The number of carbonyl (C=O) groups is 1. The number of H-pyrrole nitrogens is 1. The van der Waals surface area contributed by atoms with Crippen LogP contribution >= 0.6 is 11.6 Å². The lowest BCUT2D eigenvalue weighted by Gasteiger charge is -1.98. The highest BCUT2D eigenvalue weighted by Crippen LogP contribution is 2.24. The summed E-state index contributed by atoms with van der Waals surface area (Å²) in [5.74, 6) is 0.834. The number of amides is 1. The van der Waals surface area contributed by atoms with Gasteiger partial charge in [0.05, 0.1) is 5.02 Å². The van der Waals surface area contributed by atoms with Gasteiger partial charge in [0.2, 0.25) is 23.6 Å². The first-order valence-corrected chi connectivity index (χ1v) is 6.83. The van der Waals surface area contributed by atoms with E-state index in [1.807, 2.05) is 12.1 Å². The van der Waals surface area contributed by atoms with Crippen molar-refractivity contribution < 1.29 is 9.32 Å². The fourth-order valence-corrected chi connectivity index (χ4v) is 2.01. The number of halogens is 1. The minimum Gasteiger partial charge on any atom is -0.339 e. The molecule has 0 atom stereocenters. The van der Waals surface area contributed by atoms with Crippen LogP contribution in [0.25, 0.3) is 11.4 Å². The molecule has 2 aromatic heterocycles. The summed E-state index contributed by atoms with van der Waals surface area (Å²) in [6, 6.07) is 7.20. The minimum atomic E-state index is -0.228. The normalized spacial score (nSPS) is 10.6. The molecular formula is C13H11ClN6O2. The van der Waals surface area contributed by atoms with Gasteiger partial charge in [-0.05, 0) is 12.1 Å². The van der Waals surface area contributed by atoms with E-state index >= 15 is 0 Å². The molecule has 0 spiro atoms. The van der Waals surface area contributed by atoms with Crippen LogP contribution in [-0.2, 0) is 11.2 Å². The van der Waals surface area contributed by atoms with E-state index in [9.17, 15) is 4.79 Å². The Morgan fingerprint density at radius 1 is 1.36 bits per heavy atom. The number of nitrogens with zero attached hydrogens (tertiary/aromatic N) is 4. The van der Waals surface area contributed by atoms with E-state index in [1.54, 1.807) is 12.1 Å². The Bertz CT molecular complexity index is 770. The molecule has 0 unspecified atom stereocenters. The smallest absolute Gasteiger partial charge is 0.227 e. The van der Waals surface area contributed by atoms with Crippen LogP contribution in [0.5, 0.6) is 0 Å². The van der Waals surface area contributed by atoms with E-state index in [0.717, 1.165) is 0 Å². The summed E-state index contributed by atoms with van der Waals surface area (Å²) in [7, 11) is 0. The first kappa shape index (κ1) is 14.2. The highest BCUT2D eigenvalue weighted by molar-refractivity contribution is 6.33. The summed E-state index contributed by atoms with van der Waals surface area (Å²) in [6.07, 6.45) is 1.81. The van der Waals surface area contributed by atoms with Gasteiger partial charge in [0.1, 0.15) is 6.33 Å². The van der Waals surface area contributed by atoms with Crippen molar-refractivity contribution in [1.29, 1.82) is 0 Å². The van der Waals surface area contributed by atoms with Crippen molar-refractivity contribution in [2.24, 2.45) is 0 Å². The number of aryl methyl sites for hydroxylation is 1. The van der Waals surface area contributed by atoms with Crippen LogP contribution < -0.4 is 5.32 Å². The molecule has 0 aliphatic rings. The predicted molar refractivity (Wildman–Crippen MR) is 78.1 cm³/mol. The number of aromatic amines is 1. The lowest BCUT2D eigenvalue weighted by molar-refractivity contribution is -0.116. The Balaban J connectivity index is 1.60. The van der Waals surface area contributed by atoms with Crippen LogP contribution in [-0.4, -0.2) is 31.2 Å². The number of benzene rings is 1. The fourth-order valence-electron chi connectivity index (χ4n) is 1.79. The molecule has 3 aromatic rings. The van der Waals surface area contributed by atoms with Gasteiger partial charge < -0.3 is 4.52 Å². The van der Waals surface area contributed by atoms with Gasteiger partial charge in [0.25, 0.3) is 0 Å². The number of rotatable bonds is 5. The second kappa shape index (κ2) is 6.35. The average molecular weight is 319 g/mol. The monoisotopic (exact) mass is 318 g/mol. The summed E-state index contributed by atoms with van der Waals surface area (Å²) >= 11 is 6.07. The minimum absolute atomic E-state index is 0.185. The lowest BCUT2D eigenvalue weighted by atomic mass is 10.2. The lowest BCUT2D eigenvalue weighted by Crippen LogP contribution is -2.13. The summed E-state index contributed by atoms with van der Waals surface area (Å²) in [4.78, 5) is 19.7. The van der Waals surface area contributed by atoms with Gasteiger partial charge in [-0.1, -0.05) is 28.9 Å². The Labute approximate surface area is 129 Å². The molecule has 0 saturated heterocycles. The maximum absolute atomic E-state index is 11.7. The Morgan fingerprint density at radius 3 is 3.00 bits per heavy atom. The first-order chi connectivity index (χ1) is 10.7. The Kier molecular flexibility index (Phi) is 4.10. The van der Waals surface area contributed by atoms with Crippen LogP contribution in [0.1, 0.15) is 12.3 Å². The second-order valence-electron chi connectivity index (χ2n) is 4.37. The summed E-state index contributed by atoms with van der Waals surface area (Å²) < 4.78 is 5.12. The highest BCUT2D eigenvalue weighted by Gasteiger charge is 2.13. The van der Waals surface area contributed by atoms with Gasteiger partial charge >= 0.3 is 0 Å². The third-order valence-electron chi connectivity index (χ3n) is 2.82. The zero-order chi connectivity index (χ0) is 15.4. The third kappa shape index (κ3) is 3.29. The highest BCUT2D eigenvalue weighted by atomic mass is 35.5. The molecule has 0 bridgehead atoms. The van der Waals surface area contributed by atoms with E-state index in [4.69, 9.17) is 16.1 Å².